The van der Waals surface area contributed by atoms with Crippen molar-refractivity contribution in [3.8, 4) is 0 Å². The molecule has 1 heterocycles. The van der Waals surface area contributed by atoms with Crippen molar-refractivity contribution in [1.29, 1.82) is 0 Å². The predicted octanol–water partition coefficient (Wildman–Crippen LogP) is 2.84. The number of carbonyl (C=O) groups is 1. The lowest BCUT2D eigenvalue weighted by atomic mass is 10.1. The Hall–Kier alpha value is -2.14. The number of hydrogen-bond acceptors (Lipinski definition) is 3. The molecule has 0 bridgehead atoms. The van der Waals surface area contributed by atoms with Crippen LogP contribution >= 0.6 is 0 Å². The number of aromatic nitrogens is 2. The van der Waals surface area contributed by atoms with E-state index in [9.17, 15) is 4.79 Å². The Morgan fingerprint density at radius 3 is 2.52 bits per heavy atom. The highest BCUT2D eigenvalue weighted by molar-refractivity contribution is 5.92. The predicted molar refractivity (Wildman–Crippen MR) is 93.4 cm³/mol. The van der Waals surface area contributed by atoms with Crippen molar-refractivity contribution in [3.63, 3.8) is 0 Å². The second-order valence-corrected chi connectivity index (χ2v) is 5.84. The molecule has 0 saturated heterocycles. The first-order valence-electron chi connectivity index (χ1n) is 8.12. The SMILES string of the molecule is CCc1ccc(NC(=O)CN(C)Cc2cnn(CC)c2C)cc1. The van der Waals surface area contributed by atoms with Gasteiger partial charge >= 0.3 is 0 Å². The van der Waals surface area contributed by atoms with Crippen LogP contribution in [0.25, 0.3) is 0 Å². The normalized spacial score (nSPS) is 11.0. The number of amides is 1. The fraction of sp³-hybridized carbons (Fsp3) is 0.444. The molecule has 0 aliphatic carbocycles. The Morgan fingerprint density at radius 2 is 1.96 bits per heavy atom. The van der Waals surface area contributed by atoms with Crippen molar-refractivity contribution in [3.05, 3.63) is 47.3 Å². The number of likely N-dealkylation sites (N-methyl/N-ethyl adjacent to an activating group) is 1. The molecule has 1 N–H and O–H groups in total. The summed E-state index contributed by atoms with van der Waals surface area (Å²) in [5.74, 6) is -0.00251. The van der Waals surface area contributed by atoms with Gasteiger partial charge in [0.25, 0.3) is 0 Å². The van der Waals surface area contributed by atoms with Crippen molar-refractivity contribution >= 4 is 11.6 Å². The number of benzene rings is 1. The highest BCUT2D eigenvalue weighted by atomic mass is 16.2. The monoisotopic (exact) mass is 314 g/mol. The Kier molecular flexibility index (Phi) is 5.93. The summed E-state index contributed by atoms with van der Waals surface area (Å²) in [7, 11) is 1.95. The molecule has 5 heteroatoms. The van der Waals surface area contributed by atoms with Gasteiger partial charge in [0.05, 0.1) is 12.7 Å². The van der Waals surface area contributed by atoms with Crippen LogP contribution in [0.2, 0.25) is 0 Å². The fourth-order valence-corrected chi connectivity index (χ4v) is 2.58. The Labute approximate surface area is 138 Å². The molecule has 0 radical (unpaired) electrons. The molecule has 124 valence electrons. The van der Waals surface area contributed by atoms with E-state index in [0.29, 0.717) is 13.1 Å². The Morgan fingerprint density at radius 1 is 1.26 bits per heavy atom. The topological polar surface area (TPSA) is 50.2 Å². The minimum atomic E-state index is -0.00251. The van der Waals surface area contributed by atoms with E-state index in [1.807, 2.05) is 47.1 Å². The molecule has 1 aromatic heterocycles. The number of nitrogens with one attached hydrogen (secondary N) is 1. The number of rotatable bonds is 7. The van der Waals surface area contributed by atoms with E-state index in [1.54, 1.807) is 0 Å². The Balaban J connectivity index is 1.87. The average Bonchev–Trinajstić information content (AvgIpc) is 2.88. The van der Waals surface area contributed by atoms with Gasteiger partial charge in [-0.1, -0.05) is 19.1 Å². The lowest BCUT2D eigenvalue weighted by Crippen LogP contribution is -2.30. The quantitative estimate of drug-likeness (QED) is 0.855. The van der Waals surface area contributed by atoms with E-state index in [1.165, 1.54) is 5.56 Å². The summed E-state index contributed by atoms with van der Waals surface area (Å²) in [6, 6.07) is 7.99. The zero-order valence-corrected chi connectivity index (χ0v) is 14.5. The van der Waals surface area contributed by atoms with Crippen molar-refractivity contribution in [1.82, 2.24) is 14.7 Å². The molecule has 23 heavy (non-hydrogen) atoms. The third kappa shape index (κ3) is 4.66. The molecule has 0 unspecified atom stereocenters. The first kappa shape index (κ1) is 17.2. The number of anilines is 1. The van der Waals surface area contributed by atoms with Crippen LogP contribution in [0.15, 0.2) is 30.5 Å². The van der Waals surface area contributed by atoms with Gasteiger partial charge in [-0.3, -0.25) is 14.4 Å². The third-order valence-corrected chi connectivity index (χ3v) is 4.00. The fourth-order valence-electron chi connectivity index (χ4n) is 2.58. The smallest absolute Gasteiger partial charge is 0.238 e. The minimum Gasteiger partial charge on any atom is -0.325 e. The Bertz CT molecular complexity index is 646. The summed E-state index contributed by atoms with van der Waals surface area (Å²) in [6.45, 7) is 8.19. The highest BCUT2D eigenvalue weighted by Crippen LogP contribution is 2.11. The molecule has 0 saturated carbocycles. The van der Waals surface area contributed by atoms with Gasteiger partial charge in [-0.05, 0) is 45.0 Å². The third-order valence-electron chi connectivity index (χ3n) is 4.00. The first-order chi connectivity index (χ1) is 11.0. The van der Waals surface area contributed by atoms with Crippen LogP contribution in [-0.2, 0) is 24.3 Å². The van der Waals surface area contributed by atoms with Gasteiger partial charge in [0, 0.05) is 30.0 Å². The van der Waals surface area contributed by atoms with Crippen molar-refractivity contribution in [2.24, 2.45) is 0 Å². The van der Waals surface area contributed by atoms with Crippen LogP contribution in [0.5, 0.6) is 0 Å². The molecule has 2 rings (SSSR count). The van der Waals surface area contributed by atoms with E-state index in [4.69, 9.17) is 0 Å². The van der Waals surface area contributed by atoms with Gasteiger partial charge in [0.2, 0.25) is 5.91 Å². The number of hydrogen-bond donors (Lipinski definition) is 1. The lowest BCUT2D eigenvalue weighted by Gasteiger charge is -2.16. The zero-order chi connectivity index (χ0) is 16.8. The van der Waals surface area contributed by atoms with Gasteiger partial charge in [-0.2, -0.15) is 5.10 Å². The minimum absolute atomic E-state index is 0.00251. The number of aryl methyl sites for hydroxylation is 2. The second-order valence-electron chi connectivity index (χ2n) is 5.84. The van der Waals surface area contributed by atoms with Gasteiger partial charge in [-0.15, -0.1) is 0 Å². The van der Waals surface area contributed by atoms with E-state index < -0.39 is 0 Å². The van der Waals surface area contributed by atoms with Crippen LogP contribution in [0.1, 0.15) is 30.7 Å². The van der Waals surface area contributed by atoms with Gasteiger partial charge in [0.15, 0.2) is 0 Å². The van der Waals surface area contributed by atoms with Crippen LogP contribution in [0, 0.1) is 6.92 Å². The number of nitrogens with zero attached hydrogens (tertiary/aromatic N) is 3. The molecule has 5 nitrogen and oxygen atoms in total. The molecule has 2 aromatic rings. The van der Waals surface area contributed by atoms with Crippen LogP contribution in [-0.4, -0.2) is 34.2 Å². The van der Waals surface area contributed by atoms with Crippen LogP contribution in [0.4, 0.5) is 5.69 Å². The molecule has 0 fully saturated rings. The summed E-state index contributed by atoms with van der Waals surface area (Å²) >= 11 is 0. The maximum atomic E-state index is 12.1. The van der Waals surface area contributed by atoms with Crippen LogP contribution < -0.4 is 5.32 Å². The molecular formula is C18H26N4O. The molecule has 1 aromatic carbocycles. The summed E-state index contributed by atoms with van der Waals surface area (Å²) < 4.78 is 1.97. The maximum Gasteiger partial charge on any atom is 0.238 e. The van der Waals surface area contributed by atoms with E-state index >= 15 is 0 Å². The van der Waals surface area contributed by atoms with Gasteiger partial charge in [0.1, 0.15) is 0 Å². The standard InChI is InChI=1S/C18H26N4O/c1-5-15-7-9-17(10-8-15)20-18(23)13-21(4)12-16-11-19-22(6-2)14(16)3/h7-11H,5-6,12-13H2,1-4H3,(H,20,23). The van der Waals surface area contributed by atoms with Gasteiger partial charge in [-0.25, -0.2) is 0 Å². The van der Waals surface area contributed by atoms with E-state index in [0.717, 1.165) is 29.9 Å². The lowest BCUT2D eigenvalue weighted by molar-refractivity contribution is -0.117. The number of carbonyl (C=O) groups excluding carboxylic acids is 1. The summed E-state index contributed by atoms with van der Waals surface area (Å²) in [6.07, 6.45) is 2.89. The van der Waals surface area contributed by atoms with Crippen molar-refractivity contribution < 1.29 is 4.79 Å². The molecule has 0 aliphatic heterocycles. The molecule has 0 aliphatic rings. The molecule has 0 spiro atoms. The van der Waals surface area contributed by atoms with Crippen LogP contribution in [0.3, 0.4) is 0 Å². The van der Waals surface area contributed by atoms with E-state index in [-0.39, 0.29) is 5.91 Å². The maximum absolute atomic E-state index is 12.1. The second kappa shape index (κ2) is 7.92. The molecule has 1 amide bonds. The molecular weight excluding hydrogens is 288 g/mol. The molecule has 0 atom stereocenters. The average molecular weight is 314 g/mol. The largest absolute Gasteiger partial charge is 0.325 e. The van der Waals surface area contributed by atoms with E-state index in [2.05, 4.69) is 31.2 Å². The van der Waals surface area contributed by atoms with Gasteiger partial charge < -0.3 is 5.32 Å². The highest BCUT2D eigenvalue weighted by Gasteiger charge is 2.11. The van der Waals surface area contributed by atoms with Crippen molar-refractivity contribution in [2.45, 2.75) is 40.3 Å². The summed E-state index contributed by atoms with van der Waals surface area (Å²) in [5.41, 5.74) is 4.43. The summed E-state index contributed by atoms with van der Waals surface area (Å²) in [4.78, 5) is 14.1. The summed E-state index contributed by atoms with van der Waals surface area (Å²) in [5, 5.41) is 7.28. The van der Waals surface area contributed by atoms with Crippen molar-refractivity contribution in [2.75, 3.05) is 18.9 Å². The first-order valence-corrected chi connectivity index (χ1v) is 8.12. The zero-order valence-electron chi connectivity index (χ0n) is 14.5.